The minimum absolute atomic E-state index is 0.157. The fourth-order valence-corrected chi connectivity index (χ4v) is 1.31. The molecule has 0 spiro atoms. The van der Waals surface area contributed by atoms with Crippen LogP contribution in [-0.2, 0) is 9.53 Å². The Hall–Kier alpha value is -0.500. The van der Waals surface area contributed by atoms with Gasteiger partial charge in [0, 0.05) is 11.0 Å². The van der Waals surface area contributed by atoms with E-state index in [-0.39, 0.29) is 11.9 Å². The highest BCUT2D eigenvalue weighted by Gasteiger charge is 2.28. The SMILES string of the molecule is C/C(Cl)=C1/C(=O)OCC1C. The smallest absolute Gasteiger partial charge is 0.335 e. The van der Waals surface area contributed by atoms with Gasteiger partial charge in [0.15, 0.2) is 0 Å². The van der Waals surface area contributed by atoms with Crippen molar-refractivity contribution in [1.82, 2.24) is 0 Å². The summed E-state index contributed by atoms with van der Waals surface area (Å²) in [6, 6.07) is 0. The van der Waals surface area contributed by atoms with Gasteiger partial charge in [0.2, 0.25) is 0 Å². The van der Waals surface area contributed by atoms with Gasteiger partial charge in [-0.15, -0.1) is 0 Å². The van der Waals surface area contributed by atoms with Gasteiger partial charge in [-0.25, -0.2) is 4.79 Å². The molecule has 2 nitrogen and oxygen atoms in total. The van der Waals surface area contributed by atoms with Crippen molar-refractivity contribution in [3.63, 3.8) is 0 Å². The van der Waals surface area contributed by atoms with E-state index in [1.807, 2.05) is 6.92 Å². The second-order valence-corrected chi connectivity index (χ2v) is 3.01. The summed E-state index contributed by atoms with van der Waals surface area (Å²) < 4.78 is 4.76. The van der Waals surface area contributed by atoms with E-state index < -0.39 is 0 Å². The molecule has 1 aliphatic rings. The number of halogens is 1. The van der Waals surface area contributed by atoms with Crippen LogP contribution in [-0.4, -0.2) is 12.6 Å². The molecular weight excluding hydrogens is 152 g/mol. The second kappa shape index (κ2) is 2.62. The number of carbonyl (C=O) groups is 1. The van der Waals surface area contributed by atoms with E-state index in [9.17, 15) is 4.79 Å². The Labute approximate surface area is 64.8 Å². The van der Waals surface area contributed by atoms with E-state index in [0.29, 0.717) is 17.2 Å². The van der Waals surface area contributed by atoms with Gasteiger partial charge in [0.25, 0.3) is 0 Å². The Morgan fingerprint density at radius 1 is 1.80 bits per heavy atom. The molecule has 3 heteroatoms. The molecule has 0 aromatic carbocycles. The van der Waals surface area contributed by atoms with Gasteiger partial charge >= 0.3 is 5.97 Å². The fraction of sp³-hybridized carbons (Fsp3) is 0.571. The minimum atomic E-state index is -0.264. The quantitative estimate of drug-likeness (QED) is 0.398. The first kappa shape index (κ1) is 7.61. The minimum Gasteiger partial charge on any atom is -0.462 e. The summed E-state index contributed by atoms with van der Waals surface area (Å²) in [7, 11) is 0. The van der Waals surface area contributed by atoms with Gasteiger partial charge in [-0.2, -0.15) is 0 Å². The van der Waals surface area contributed by atoms with Crippen LogP contribution >= 0.6 is 11.6 Å². The Morgan fingerprint density at radius 2 is 2.40 bits per heavy atom. The molecule has 1 atom stereocenters. The number of ether oxygens (including phenoxy) is 1. The van der Waals surface area contributed by atoms with E-state index in [4.69, 9.17) is 16.3 Å². The van der Waals surface area contributed by atoms with Crippen LogP contribution in [0.25, 0.3) is 0 Å². The van der Waals surface area contributed by atoms with Gasteiger partial charge in [0.05, 0.1) is 12.2 Å². The number of allylic oxidation sites excluding steroid dienone is 1. The van der Waals surface area contributed by atoms with Gasteiger partial charge in [-0.1, -0.05) is 18.5 Å². The third-order valence-electron chi connectivity index (χ3n) is 1.55. The van der Waals surface area contributed by atoms with Gasteiger partial charge < -0.3 is 4.74 Å². The predicted molar refractivity (Wildman–Crippen MR) is 38.7 cm³/mol. The van der Waals surface area contributed by atoms with Gasteiger partial charge in [-0.3, -0.25) is 0 Å². The third-order valence-corrected chi connectivity index (χ3v) is 1.75. The van der Waals surface area contributed by atoms with Crippen molar-refractivity contribution in [1.29, 1.82) is 0 Å². The van der Waals surface area contributed by atoms with E-state index in [2.05, 4.69) is 0 Å². The maximum Gasteiger partial charge on any atom is 0.335 e. The van der Waals surface area contributed by atoms with Crippen molar-refractivity contribution in [2.45, 2.75) is 13.8 Å². The summed E-state index contributed by atoms with van der Waals surface area (Å²) >= 11 is 5.65. The Kier molecular flexibility index (Phi) is 2.00. The number of cyclic esters (lactones) is 1. The highest BCUT2D eigenvalue weighted by Crippen LogP contribution is 2.25. The molecule has 10 heavy (non-hydrogen) atoms. The Balaban J connectivity index is 2.93. The number of carbonyl (C=O) groups excluding carboxylic acids is 1. The number of hydrogen-bond donors (Lipinski definition) is 0. The highest BCUT2D eigenvalue weighted by atomic mass is 35.5. The maximum absolute atomic E-state index is 10.9. The first-order valence-electron chi connectivity index (χ1n) is 3.16. The number of rotatable bonds is 0. The summed E-state index contributed by atoms with van der Waals surface area (Å²) in [5.74, 6) is -0.106. The van der Waals surface area contributed by atoms with E-state index in [1.165, 1.54) is 0 Å². The summed E-state index contributed by atoms with van der Waals surface area (Å²) in [5.41, 5.74) is 0.627. The summed E-state index contributed by atoms with van der Waals surface area (Å²) in [5, 5.41) is 0.551. The normalized spacial score (nSPS) is 30.3. The largest absolute Gasteiger partial charge is 0.462 e. The Bertz CT molecular complexity index is 192. The van der Waals surface area contributed by atoms with Crippen molar-refractivity contribution >= 4 is 17.6 Å². The standard InChI is InChI=1S/C7H9ClO2/c1-4-3-10-7(9)6(4)5(2)8/h4H,3H2,1-2H3/b6-5-. The van der Waals surface area contributed by atoms with Crippen molar-refractivity contribution in [2.24, 2.45) is 5.92 Å². The second-order valence-electron chi connectivity index (χ2n) is 2.45. The summed E-state index contributed by atoms with van der Waals surface area (Å²) in [6.07, 6.45) is 0. The lowest BCUT2D eigenvalue weighted by Crippen LogP contribution is -1.99. The van der Waals surface area contributed by atoms with Crippen molar-refractivity contribution in [3.8, 4) is 0 Å². The van der Waals surface area contributed by atoms with Crippen molar-refractivity contribution < 1.29 is 9.53 Å². The lowest BCUT2D eigenvalue weighted by molar-refractivity contribution is -0.135. The molecule has 0 aromatic rings. The monoisotopic (exact) mass is 160 g/mol. The van der Waals surface area contributed by atoms with Crippen LogP contribution in [0.2, 0.25) is 0 Å². The fourth-order valence-electron chi connectivity index (χ4n) is 1.04. The summed E-state index contributed by atoms with van der Waals surface area (Å²) in [4.78, 5) is 10.9. The Morgan fingerprint density at radius 3 is 2.60 bits per heavy atom. The molecule has 0 aliphatic carbocycles. The molecule has 1 rings (SSSR count). The van der Waals surface area contributed by atoms with Gasteiger partial charge in [0.1, 0.15) is 0 Å². The van der Waals surface area contributed by atoms with Crippen LogP contribution in [0.1, 0.15) is 13.8 Å². The first-order chi connectivity index (χ1) is 4.63. The van der Waals surface area contributed by atoms with Crippen molar-refractivity contribution in [3.05, 3.63) is 10.6 Å². The lowest BCUT2D eigenvalue weighted by atomic mass is 10.1. The van der Waals surface area contributed by atoms with E-state index >= 15 is 0 Å². The third kappa shape index (κ3) is 1.16. The van der Waals surface area contributed by atoms with Crippen molar-refractivity contribution in [2.75, 3.05) is 6.61 Å². The zero-order chi connectivity index (χ0) is 7.72. The molecule has 0 radical (unpaired) electrons. The predicted octanol–water partition coefficient (Wildman–Crippen LogP) is 1.69. The molecule has 1 aliphatic heterocycles. The molecule has 0 bridgehead atoms. The average molecular weight is 161 g/mol. The molecule has 1 unspecified atom stereocenters. The molecular formula is C7H9ClO2. The average Bonchev–Trinajstić information content (AvgIpc) is 2.11. The molecule has 1 fully saturated rings. The van der Waals surface area contributed by atoms with Gasteiger partial charge in [-0.05, 0) is 6.92 Å². The van der Waals surface area contributed by atoms with E-state index in [0.717, 1.165) is 0 Å². The highest BCUT2D eigenvalue weighted by molar-refractivity contribution is 6.31. The number of esters is 1. The number of hydrogen-bond acceptors (Lipinski definition) is 2. The van der Waals surface area contributed by atoms with E-state index in [1.54, 1.807) is 6.92 Å². The zero-order valence-corrected chi connectivity index (χ0v) is 6.73. The molecule has 56 valence electrons. The van der Waals surface area contributed by atoms with Crippen LogP contribution in [0, 0.1) is 5.92 Å². The molecule has 0 saturated carbocycles. The summed E-state index contributed by atoms with van der Waals surface area (Å²) in [6.45, 7) is 4.10. The topological polar surface area (TPSA) is 26.3 Å². The maximum atomic E-state index is 10.9. The molecule has 0 N–H and O–H groups in total. The molecule has 0 amide bonds. The van der Waals surface area contributed by atoms with Crippen LogP contribution < -0.4 is 0 Å². The lowest BCUT2D eigenvalue weighted by Gasteiger charge is -1.97. The zero-order valence-electron chi connectivity index (χ0n) is 5.98. The molecule has 1 saturated heterocycles. The van der Waals surface area contributed by atoms with Crippen LogP contribution in [0.4, 0.5) is 0 Å². The first-order valence-corrected chi connectivity index (χ1v) is 3.54. The molecule has 0 aromatic heterocycles. The van der Waals surface area contributed by atoms with Crippen LogP contribution in [0.15, 0.2) is 10.6 Å². The van der Waals surface area contributed by atoms with Crippen LogP contribution in [0.5, 0.6) is 0 Å². The molecule has 1 heterocycles. The van der Waals surface area contributed by atoms with Crippen LogP contribution in [0.3, 0.4) is 0 Å².